The largest absolute Gasteiger partial charge is 0.363 e. The molecule has 0 N–H and O–H groups in total. The van der Waals surface area contributed by atoms with E-state index in [9.17, 15) is 0 Å². The monoisotopic (exact) mass is 188 g/mol. The minimum atomic E-state index is 0.852. The van der Waals surface area contributed by atoms with Crippen molar-refractivity contribution in [1.82, 2.24) is 9.88 Å². The van der Waals surface area contributed by atoms with Gasteiger partial charge in [-0.05, 0) is 25.3 Å². The predicted octanol–water partition coefficient (Wildman–Crippen LogP) is 2.03. The fraction of sp³-hybridized carbons (Fsp3) is 0.455. The number of rotatable bonds is 2. The first kappa shape index (κ1) is 9.19. The van der Waals surface area contributed by atoms with E-state index in [4.69, 9.17) is 0 Å². The molecular formula is C11H14N3. The predicted molar refractivity (Wildman–Crippen MR) is 56.6 cm³/mol. The highest BCUT2D eigenvalue weighted by Crippen LogP contribution is 2.09. The van der Waals surface area contributed by atoms with E-state index < -0.39 is 0 Å². The quantitative estimate of drug-likeness (QED) is 0.524. The lowest BCUT2D eigenvalue weighted by Gasteiger charge is -2.23. The van der Waals surface area contributed by atoms with Crippen LogP contribution in [0.25, 0.3) is 0 Å². The summed E-state index contributed by atoms with van der Waals surface area (Å²) in [4.78, 5) is 10.5. The number of hydrogen-bond acceptors (Lipinski definition) is 2. The van der Waals surface area contributed by atoms with Crippen LogP contribution in [0.4, 0.5) is 5.69 Å². The van der Waals surface area contributed by atoms with Crippen LogP contribution in [0.1, 0.15) is 19.3 Å². The molecule has 0 saturated carbocycles. The molecule has 0 aromatic carbocycles. The number of likely N-dealkylation sites (tertiary alicyclic amines) is 1. The lowest BCUT2D eigenvalue weighted by Crippen LogP contribution is -2.27. The van der Waals surface area contributed by atoms with Gasteiger partial charge in [0.05, 0.1) is 12.0 Å². The Labute approximate surface area is 84.5 Å². The summed E-state index contributed by atoms with van der Waals surface area (Å²) in [5, 5.41) is 0. The van der Waals surface area contributed by atoms with E-state index >= 15 is 0 Å². The Kier molecular flexibility index (Phi) is 3.11. The zero-order valence-electron chi connectivity index (χ0n) is 8.19. The first-order valence-electron chi connectivity index (χ1n) is 5.05. The van der Waals surface area contributed by atoms with Gasteiger partial charge in [-0.3, -0.25) is 4.98 Å². The minimum Gasteiger partial charge on any atom is -0.363 e. The Balaban J connectivity index is 1.93. The maximum absolute atomic E-state index is 4.34. The molecule has 2 rings (SSSR count). The highest BCUT2D eigenvalue weighted by Gasteiger charge is 2.05. The maximum Gasteiger partial charge on any atom is 0.0912 e. The van der Waals surface area contributed by atoms with Crippen LogP contribution in [0.2, 0.25) is 0 Å². The number of aromatic nitrogens is 1. The van der Waals surface area contributed by atoms with Crippen LogP contribution >= 0.6 is 0 Å². The molecule has 2 heterocycles. The van der Waals surface area contributed by atoms with Gasteiger partial charge in [0, 0.05) is 31.5 Å². The second-order valence-electron chi connectivity index (χ2n) is 3.46. The van der Waals surface area contributed by atoms with Crippen molar-refractivity contribution in [3.05, 3.63) is 24.5 Å². The minimum absolute atomic E-state index is 0.852. The van der Waals surface area contributed by atoms with Crippen molar-refractivity contribution in [3.8, 4) is 0 Å². The summed E-state index contributed by atoms with van der Waals surface area (Å²) in [6, 6.07) is 4.83. The topological polar surface area (TPSA) is 28.5 Å². The first-order valence-corrected chi connectivity index (χ1v) is 5.05. The molecule has 0 bridgehead atoms. The number of piperidine rings is 1. The summed E-state index contributed by atoms with van der Waals surface area (Å²) >= 11 is 0. The molecule has 1 saturated heterocycles. The van der Waals surface area contributed by atoms with Gasteiger partial charge in [0.2, 0.25) is 0 Å². The summed E-state index contributed by atoms with van der Waals surface area (Å²) in [5.41, 5.74) is 0.852. The van der Waals surface area contributed by atoms with Crippen LogP contribution in [0.3, 0.4) is 0 Å². The highest BCUT2D eigenvalue weighted by atomic mass is 15.1. The van der Waals surface area contributed by atoms with Crippen LogP contribution in [0.5, 0.6) is 0 Å². The molecule has 3 nitrogen and oxygen atoms in total. The molecular weight excluding hydrogens is 174 g/mol. The SMILES string of the molecule is [c]1cnccc1N=CN1CCCCC1. The molecule has 1 aromatic heterocycles. The van der Waals surface area contributed by atoms with Gasteiger partial charge < -0.3 is 4.90 Å². The number of nitrogens with zero attached hydrogens (tertiary/aromatic N) is 3. The number of aliphatic imine (C=N–C) groups is 1. The second kappa shape index (κ2) is 4.74. The Morgan fingerprint density at radius 2 is 2.21 bits per heavy atom. The lowest BCUT2D eigenvalue weighted by atomic mass is 10.1. The van der Waals surface area contributed by atoms with Crippen molar-refractivity contribution >= 4 is 12.0 Å². The van der Waals surface area contributed by atoms with E-state index in [-0.39, 0.29) is 0 Å². The summed E-state index contributed by atoms with van der Waals surface area (Å²) in [7, 11) is 0. The standard InChI is InChI=1S/C11H14N3/c1-2-8-14(9-3-1)10-13-11-4-6-12-7-5-11/h4,6-7,10H,1-3,8-9H2. The lowest BCUT2D eigenvalue weighted by molar-refractivity contribution is 0.351. The number of hydrogen-bond donors (Lipinski definition) is 0. The Hall–Kier alpha value is -1.38. The van der Waals surface area contributed by atoms with E-state index in [2.05, 4.69) is 20.9 Å². The molecule has 0 amide bonds. The average Bonchev–Trinajstić information content (AvgIpc) is 2.29. The molecule has 1 aromatic rings. The number of pyridine rings is 1. The second-order valence-corrected chi connectivity index (χ2v) is 3.46. The summed E-state index contributed by atoms with van der Waals surface area (Å²) in [6.07, 6.45) is 9.22. The molecule has 0 aliphatic carbocycles. The molecule has 1 radical (unpaired) electrons. The smallest absolute Gasteiger partial charge is 0.0912 e. The Morgan fingerprint density at radius 3 is 2.93 bits per heavy atom. The third kappa shape index (κ3) is 2.55. The molecule has 3 heteroatoms. The van der Waals surface area contributed by atoms with E-state index in [0.717, 1.165) is 18.8 Å². The molecule has 0 atom stereocenters. The molecule has 1 fully saturated rings. The summed E-state index contributed by atoms with van der Waals surface area (Å²) in [5.74, 6) is 0. The molecule has 1 aliphatic rings. The summed E-state index contributed by atoms with van der Waals surface area (Å²) < 4.78 is 0. The van der Waals surface area contributed by atoms with E-state index in [1.807, 2.05) is 12.4 Å². The third-order valence-electron chi connectivity index (χ3n) is 2.36. The highest BCUT2D eigenvalue weighted by molar-refractivity contribution is 5.60. The molecule has 73 valence electrons. The zero-order valence-corrected chi connectivity index (χ0v) is 8.19. The van der Waals surface area contributed by atoms with Crippen molar-refractivity contribution in [1.29, 1.82) is 0 Å². The fourth-order valence-electron chi connectivity index (χ4n) is 1.57. The van der Waals surface area contributed by atoms with E-state index in [1.165, 1.54) is 19.3 Å². The van der Waals surface area contributed by atoms with Crippen molar-refractivity contribution in [2.75, 3.05) is 13.1 Å². The molecule has 1 aliphatic heterocycles. The van der Waals surface area contributed by atoms with Crippen LogP contribution < -0.4 is 0 Å². The summed E-state index contributed by atoms with van der Waals surface area (Å²) in [6.45, 7) is 2.27. The van der Waals surface area contributed by atoms with Gasteiger partial charge in [-0.2, -0.15) is 0 Å². The third-order valence-corrected chi connectivity index (χ3v) is 2.36. The average molecular weight is 188 g/mol. The molecule has 0 spiro atoms. The zero-order chi connectivity index (χ0) is 9.64. The molecule has 0 unspecified atom stereocenters. The van der Waals surface area contributed by atoms with Crippen LogP contribution in [0, 0.1) is 6.07 Å². The van der Waals surface area contributed by atoms with Crippen LogP contribution in [-0.2, 0) is 0 Å². The van der Waals surface area contributed by atoms with Crippen molar-refractivity contribution in [3.63, 3.8) is 0 Å². The van der Waals surface area contributed by atoms with E-state index in [0.29, 0.717) is 0 Å². The van der Waals surface area contributed by atoms with Crippen molar-refractivity contribution in [2.45, 2.75) is 19.3 Å². The van der Waals surface area contributed by atoms with Crippen LogP contribution in [0.15, 0.2) is 23.5 Å². The normalized spacial score (nSPS) is 17.6. The first-order chi connectivity index (χ1) is 6.95. The Bertz CT molecular complexity index is 289. The van der Waals surface area contributed by atoms with Crippen molar-refractivity contribution < 1.29 is 0 Å². The van der Waals surface area contributed by atoms with Gasteiger partial charge in [0.1, 0.15) is 0 Å². The van der Waals surface area contributed by atoms with Crippen molar-refractivity contribution in [2.24, 2.45) is 4.99 Å². The van der Waals surface area contributed by atoms with Gasteiger partial charge in [-0.15, -0.1) is 0 Å². The van der Waals surface area contributed by atoms with Gasteiger partial charge in [-0.1, -0.05) is 0 Å². The molecule has 14 heavy (non-hydrogen) atoms. The Morgan fingerprint density at radius 1 is 1.36 bits per heavy atom. The van der Waals surface area contributed by atoms with E-state index in [1.54, 1.807) is 12.4 Å². The van der Waals surface area contributed by atoms with Crippen LogP contribution in [-0.4, -0.2) is 29.3 Å². The van der Waals surface area contributed by atoms with Gasteiger partial charge in [0.25, 0.3) is 0 Å². The van der Waals surface area contributed by atoms with Gasteiger partial charge in [0.15, 0.2) is 0 Å². The maximum atomic E-state index is 4.34. The fourth-order valence-corrected chi connectivity index (χ4v) is 1.57. The van der Waals surface area contributed by atoms with Gasteiger partial charge in [-0.25, -0.2) is 4.99 Å². The van der Waals surface area contributed by atoms with Gasteiger partial charge >= 0.3 is 0 Å².